The Morgan fingerprint density at radius 3 is 2.26 bits per heavy atom. The smallest absolute Gasteiger partial charge is 0.251 e. The Labute approximate surface area is 159 Å². The molecule has 0 aliphatic carbocycles. The van der Waals surface area contributed by atoms with Gasteiger partial charge in [-0.2, -0.15) is 0 Å². The van der Waals surface area contributed by atoms with Crippen LogP contribution in [-0.2, 0) is 4.74 Å². The fraction of sp³-hybridized carbons (Fsp3) is 0.174. The lowest BCUT2D eigenvalue weighted by atomic mass is 10.0. The van der Waals surface area contributed by atoms with Crippen LogP contribution >= 0.6 is 0 Å². The third-order valence-electron chi connectivity index (χ3n) is 4.45. The number of hydrogen-bond acceptors (Lipinski definition) is 3. The van der Waals surface area contributed by atoms with Gasteiger partial charge in [0.25, 0.3) is 5.91 Å². The molecule has 0 fully saturated rings. The standard InChI is InChI=1S/C23H23NO3/c1-26-21-10-6-9-20(15-21)22(27-2)16-24-23(25)19-13-11-18(12-14-19)17-7-4-3-5-8-17/h3-15,22H,16H2,1-2H3,(H,24,25)/t22-/m1/s1. The van der Waals surface area contributed by atoms with Crippen LogP contribution < -0.4 is 10.1 Å². The van der Waals surface area contributed by atoms with Crippen molar-refractivity contribution < 1.29 is 14.3 Å². The first-order valence-corrected chi connectivity index (χ1v) is 8.81. The average molecular weight is 361 g/mol. The van der Waals surface area contributed by atoms with Crippen LogP contribution in [0.15, 0.2) is 78.9 Å². The quantitative estimate of drug-likeness (QED) is 0.675. The fourth-order valence-corrected chi connectivity index (χ4v) is 2.91. The van der Waals surface area contributed by atoms with Gasteiger partial charge in [-0.05, 0) is 41.0 Å². The first-order chi connectivity index (χ1) is 13.2. The lowest BCUT2D eigenvalue weighted by Crippen LogP contribution is -2.29. The molecule has 4 heteroatoms. The highest BCUT2D eigenvalue weighted by molar-refractivity contribution is 5.94. The monoisotopic (exact) mass is 361 g/mol. The summed E-state index contributed by atoms with van der Waals surface area (Å²) in [6, 6.07) is 25.3. The molecular weight excluding hydrogens is 338 g/mol. The number of rotatable bonds is 7. The number of benzene rings is 3. The molecule has 0 heterocycles. The minimum Gasteiger partial charge on any atom is -0.497 e. The second-order valence-corrected chi connectivity index (χ2v) is 6.15. The third kappa shape index (κ3) is 4.74. The van der Waals surface area contributed by atoms with Gasteiger partial charge < -0.3 is 14.8 Å². The van der Waals surface area contributed by atoms with Crippen LogP contribution in [0.1, 0.15) is 22.0 Å². The van der Waals surface area contributed by atoms with Crippen molar-refractivity contribution in [1.82, 2.24) is 5.32 Å². The van der Waals surface area contributed by atoms with E-state index in [1.165, 1.54) is 0 Å². The Hall–Kier alpha value is -3.11. The minimum absolute atomic E-state index is 0.125. The molecule has 0 aliphatic rings. The van der Waals surface area contributed by atoms with Crippen molar-refractivity contribution in [1.29, 1.82) is 0 Å². The Balaban J connectivity index is 1.64. The van der Waals surface area contributed by atoms with Gasteiger partial charge >= 0.3 is 0 Å². The lowest BCUT2D eigenvalue weighted by molar-refractivity contribution is 0.0827. The highest BCUT2D eigenvalue weighted by Gasteiger charge is 2.14. The van der Waals surface area contributed by atoms with Crippen molar-refractivity contribution in [2.45, 2.75) is 6.10 Å². The molecule has 0 aromatic heterocycles. The molecule has 0 bridgehead atoms. The van der Waals surface area contributed by atoms with E-state index < -0.39 is 0 Å². The van der Waals surface area contributed by atoms with Gasteiger partial charge in [0, 0.05) is 19.2 Å². The molecule has 1 atom stereocenters. The minimum atomic E-state index is -0.243. The van der Waals surface area contributed by atoms with Gasteiger partial charge in [-0.15, -0.1) is 0 Å². The normalized spacial score (nSPS) is 11.6. The first-order valence-electron chi connectivity index (χ1n) is 8.81. The molecular formula is C23H23NO3. The second kappa shape index (κ2) is 9.01. The Morgan fingerprint density at radius 1 is 0.889 bits per heavy atom. The van der Waals surface area contributed by atoms with E-state index in [9.17, 15) is 4.79 Å². The van der Waals surface area contributed by atoms with Crippen LogP contribution in [0.3, 0.4) is 0 Å². The molecule has 3 aromatic rings. The van der Waals surface area contributed by atoms with Crippen LogP contribution in [-0.4, -0.2) is 26.7 Å². The maximum Gasteiger partial charge on any atom is 0.251 e. The summed E-state index contributed by atoms with van der Waals surface area (Å²) < 4.78 is 10.8. The van der Waals surface area contributed by atoms with Crippen molar-refractivity contribution in [3.05, 3.63) is 90.0 Å². The zero-order valence-corrected chi connectivity index (χ0v) is 15.5. The highest BCUT2D eigenvalue weighted by atomic mass is 16.5. The van der Waals surface area contributed by atoms with Crippen molar-refractivity contribution in [2.75, 3.05) is 20.8 Å². The van der Waals surface area contributed by atoms with Crippen molar-refractivity contribution in [3.63, 3.8) is 0 Å². The molecule has 0 aliphatic heterocycles. The number of amides is 1. The maximum atomic E-state index is 12.5. The van der Waals surface area contributed by atoms with E-state index in [0.29, 0.717) is 12.1 Å². The second-order valence-electron chi connectivity index (χ2n) is 6.15. The Bertz CT molecular complexity index is 876. The molecule has 0 saturated heterocycles. The summed E-state index contributed by atoms with van der Waals surface area (Å²) in [5.41, 5.74) is 3.78. The zero-order valence-electron chi connectivity index (χ0n) is 15.5. The van der Waals surface area contributed by atoms with E-state index >= 15 is 0 Å². The Morgan fingerprint density at radius 2 is 1.59 bits per heavy atom. The number of carbonyl (C=O) groups is 1. The average Bonchev–Trinajstić information content (AvgIpc) is 2.75. The van der Waals surface area contributed by atoms with Gasteiger partial charge in [-0.3, -0.25) is 4.79 Å². The van der Waals surface area contributed by atoms with Crippen LogP contribution in [0, 0.1) is 0 Å². The SMILES string of the molecule is COc1cccc([C@@H](CNC(=O)c2ccc(-c3ccccc3)cc2)OC)c1. The lowest BCUT2D eigenvalue weighted by Gasteiger charge is -2.17. The molecule has 4 nitrogen and oxygen atoms in total. The highest BCUT2D eigenvalue weighted by Crippen LogP contribution is 2.22. The molecule has 3 rings (SSSR count). The van der Waals surface area contributed by atoms with Gasteiger partial charge in [0.2, 0.25) is 0 Å². The van der Waals surface area contributed by atoms with E-state index in [1.807, 2.05) is 78.9 Å². The van der Waals surface area contributed by atoms with Crippen molar-refractivity contribution in [2.24, 2.45) is 0 Å². The van der Waals surface area contributed by atoms with E-state index in [4.69, 9.17) is 9.47 Å². The number of ether oxygens (including phenoxy) is 2. The van der Waals surface area contributed by atoms with E-state index in [0.717, 1.165) is 22.4 Å². The zero-order chi connectivity index (χ0) is 19.1. The summed E-state index contributed by atoms with van der Waals surface area (Å²) in [5.74, 6) is 0.636. The van der Waals surface area contributed by atoms with Gasteiger partial charge in [0.05, 0.1) is 13.2 Å². The van der Waals surface area contributed by atoms with Gasteiger partial charge in [0.15, 0.2) is 0 Å². The molecule has 0 spiro atoms. The van der Waals surface area contributed by atoms with E-state index in [2.05, 4.69) is 5.32 Å². The molecule has 0 radical (unpaired) electrons. The summed E-state index contributed by atoms with van der Waals surface area (Å²) >= 11 is 0. The molecule has 27 heavy (non-hydrogen) atoms. The third-order valence-corrected chi connectivity index (χ3v) is 4.45. The van der Waals surface area contributed by atoms with Crippen molar-refractivity contribution >= 4 is 5.91 Å². The van der Waals surface area contributed by atoms with E-state index in [-0.39, 0.29) is 12.0 Å². The molecule has 1 N–H and O–H groups in total. The van der Waals surface area contributed by atoms with Crippen LogP contribution in [0.4, 0.5) is 0 Å². The number of hydrogen-bond donors (Lipinski definition) is 1. The predicted octanol–water partition coefficient (Wildman–Crippen LogP) is 4.48. The summed E-state index contributed by atoms with van der Waals surface area (Å²) in [7, 11) is 3.26. The van der Waals surface area contributed by atoms with Crippen LogP contribution in [0.25, 0.3) is 11.1 Å². The van der Waals surface area contributed by atoms with Gasteiger partial charge in [-0.25, -0.2) is 0 Å². The topological polar surface area (TPSA) is 47.6 Å². The van der Waals surface area contributed by atoms with E-state index in [1.54, 1.807) is 14.2 Å². The molecule has 138 valence electrons. The number of nitrogens with one attached hydrogen (secondary N) is 1. The molecule has 0 saturated carbocycles. The fourth-order valence-electron chi connectivity index (χ4n) is 2.91. The largest absolute Gasteiger partial charge is 0.497 e. The predicted molar refractivity (Wildman–Crippen MR) is 107 cm³/mol. The van der Waals surface area contributed by atoms with Gasteiger partial charge in [0.1, 0.15) is 5.75 Å². The van der Waals surface area contributed by atoms with Crippen molar-refractivity contribution in [3.8, 4) is 16.9 Å². The number of carbonyl (C=O) groups excluding carboxylic acids is 1. The number of methoxy groups -OCH3 is 2. The summed E-state index contributed by atoms with van der Waals surface area (Å²) in [6.07, 6.45) is -0.243. The van der Waals surface area contributed by atoms with Gasteiger partial charge in [-0.1, -0.05) is 54.6 Å². The summed E-state index contributed by atoms with van der Waals surface area (Å²) in [5, 5.41) is 2.94. The molecule has 3 aromatic carbocycles. The first kappa shape index (κ1) is 18.7. The summed E-state index contributed by atoms with van der Waals surface area (Å²) in [6.45, 7) is 0.378. The summed E-state index contributed by atoms with van der Waals surface area (Å²) in [4.78, 5) is 12.5. The molecule has 1 amide bonds. The Kier molecular flexibility index (Phi) is 6.23. The van der Waals surface area contributed by atoms with Crippen LogP contribution in [0.5, 0.6) is 5.75 Å². The molecule has 0 unspecified atom stereocenters. The maximum absolute atomic E-state index is 12.5. The van der Waals surface area contributed by atoms with Crippen LogP contribution in [0.2, 0.25) is 0 Å².